The molecule has 180 valence electrons. The molecule has 2 aromatic carbocycles. The molecule has 2 aromatic rings. The van der Waals surface area contributed by atoms with Crippen molar-refractivity contribution in [1.82, 2.24) is 10.2 Å². The van der Waals surface area contributed by atoms with Crippen molar-refractivity contribution >= 4 is 23.6 Å². The van der Waals surface area contributed by atoms with Gasteiger partial charge in [0.25, 0.3) is 0 Å². The van der Waals surface area contributed by atoms with Crippen LogP contribution in [-0.4, -0.2) is 43.1 Å². The quantitative estimate of drug-likeness (QED) is 0.514. The van der Waals surface area contributed by atoms with E-state index in [1.807, 2.05) is 37.3 Å². The Balaban J connectivity index is 1.73. The molecular weight excluding hydrogens is 434 g/mol. The average molecular weight is 466 g/mol. The highest BCUT2D eigenvalue weighted by atomic mass is 16.5. The normalized spacial score (nSPS) is 15.7. The minimum absolute atomic E-state index is 0.0991. The summed E-state index contributed by atoms with van der Waals surface area (Å²) in [5.41, 5.74) is 3.11. The van der Waals surface area contributed by atoms with Crippen LogP contribution in [0.15, 0.2) is 65.9 Å². The number of rotatable bonds is 10. The number of urea groups is 1. The number of hydrogen-bond donors (Lipinski definition) is 2. The number of nitrogens with one attached hydrogen (secondary N) is 2. The number of methoxy groups -OCH3 is 1. The van der Waals surface area contributed by atoms with Crippen molar-refractivity contribution in [3.05, 3.63) is 77.0 Å². The molecule has 0 spiro atoms. The van der Waals surface area contributed by atoms with Crippen molar-refractivity contribution < 1.29 is 23.9 Å². The summed E-state index contributed by atoms with van der Waals surface area (Å²) in [4.78, 5) is 39.4. The van der Waals surface area contributed by atoms with E-state index in [0.29, 0.717) is 35.7 Å². The molecule has 3 rings (SSSR count). The van der Waals surface area contributed by atoms with Gasteiger partial charge in [-0.05, 0) is 36.6 Å². The summed E-state index contributed by atoms with van der Waals surface area (Å²) >= 11 is 0. The van der Waals surface area contributed by atoms with Gasteiger partial charge in [0.15, 0.2) is 0 Å². The maximum Gasteiger partial charge on any atom is 0.337 e. The topological polar surface area (TPSA) is 97.0 Å². The fourth-order valence-electron chi connectivity index (χ4n) is 3.82. The maximum absolute atomic E-state index is 12.8. The molecule has 3 amide bonds. The second-order valence-corrected chi connectivity index (χ2v) is 8.03. The molecule has 0 aliphatic carbocycles. The van der Waals surface area contributed by atoms with E-state index < -0.39 is 12.0 Å². The first-order valence-electron chi connectivity index (χ1n) is 11.3. The van der Waals surface area contributed by atoms with Crippen LogP contribution in [0.2, 0.25) is 0 Å². The van der Waals surface area contributed by atoms with Crippen LogP contribution in [0.25, 0.3) is 0 Å². The lowest BCUT2D eigenvalue weighted by Gasteiger charge is -2.35. The molecule has 0 fully saturated rings. The van der Waals surface area contributed by atoms with Crippen molar-refractivity contribution in [1.29, 1.82) is 0 Å². The Morgan fingerprint density at radius 3 is 2.59 bits per heavy atom. The number of anilines is 1. The summed E-state index contributed by atoms with van der Waals surface area (Å²) in [6.45, 7) is 4.54. The molecule has 8 heteroatoms. The van der Waals surface area contributed by atoms with Gasteiger partial charge in [0.2, 0.25) is 5.91 Å². The smallest absolute Gasteiger partial charge is 0.337 e. The van der Waals surface area contributed by atoms with Crippen LogP contribution < -0.4 is 10.6 Å². The van der Waals surface area contributed by atoms with E-state index in [1.165, 1.54) is 7.11 Å². The zero-order valence-corrected chi connectivity index (χ0v) is 19.8. The highest BCUT2D eigenvalue weighted by molar-refractivity contribution is 5.95. The molecule has 1 aliphatic heterocycles. The lowest BCUT2D eigenvalue weighted by Crippen LogP contribution is -2.48. The van der Waals surface area contributed by atoms with Gasteiger partial charge in [0.1, 0.15) is 6.61 Å². The Kier molecular flexibility index (Phi) is 8.81. The number of benzene rings is 2. The van der Waals surface area contributed by atoms with E-state index in [1.54, 1.807) is 36.1 Å². The third-order valence-corrected chi connectivity index (χ3v) is 5.59. The molecule has 0 saturated heterocycles. The van der Waals surface area contributed by atoms with Gasteiger partial charge in [-0.1, -0.05) is 55.8 Å². The van der Waals surface area contributed by atoms with Crippen LogP contribution in [0.1, 0.15) is 43.9 Å². The third kappa shape index (κ3) is 6.23. The van der Waals surface area contributed by atoms with E-state index >= 15 is 0 Å². The Morgan fingerprint density at radius 2 is 1.88 bits per heavy atom. The van der Waals surface area contributed by atoms with Crippen LogP contribution in [0.3, 0.4) is 0 Å². The van der Waals surface area contributed by atoms with Crippen molar-refractivity contribution in [2.24, 2.45) is 0 Å². The van der Waals surface area contributed by atoms with Crippen LogP contribution in [0.5, 0.6) is 0 Å². The van der Waals surface area contributed by atoms with Gasteiger partial charge < -0.3 is 20.1 Å². The van der Waals surface area contributed by atoms with Crippen LogP contribution >= 0.6 is 0 Å². The van der Waals surface area contributed by atoms with Gasteiger partial charge >= 0.3 is 12.0 Å². The summed E-state index contributed by atoms with van der Waals surface area (Å²) in [6.07, 6.45) is 1.74. The van der Waals surface area contributed by atoms with Gasteiger partial charge in [0.05, 0.1) is 25.3 Å². The molecule has 1 atom stereocenters. The fourth-order valence-corrected chi connectivity index (χ4v) is 3.82. The Labute approximate surface area is 199 Å². The zero-order valence-electron chi connectivity index (χ0n) is 19.8. The summed E-state index contributed by atoms with van der Waals surface area (Å²) in [5, 5.41) is 5.72. The predicted molar refractivity (Wildman–Crippen MR) is 129 cm³/mol. The van der Waals surface area contributed by atoms with Gasteiger partial charge in [-0.25, -0.2) is 9.59 Å². The number of unbranched alkanes of at least 4 members (excludes halogenated alkanes) is 1. The molecular formula is C26H31N3O5. The standard InChI is InChI=1S/C26H31N3O5/c1-4-5-14-29-18(2)23(25(31)33-3)24(28-26(29)32)20-12-9-13-21(15-20)27-22(30)17-34-16-19-10-7-6-8-11-19/h6-13,15,24H,4-5,14,16-17H2,1-3H3,(H,27,30)(H,28,32)/t24-/m1/s1. The number of nitrogens with zero attached hydrogens (tertiary/aromatic N) is 1. The lowest BCUT2D eigenvalue weighted by molar-refractivity contribution is -0.136. The minimum atomic E-state index is -0.691. The number of amides is 3. The first-order valence-corrected chi connectivity index (χ1v) is 11.3. The van der Waals surface area contributed by atoms with Crippen molar-refractivity contribution in [3.8, 4) is 0 Å². The second kappa shape index (κ2) is 12.0. The van der Waals surface area contributed by atoms with E-state index in [2.05, 4.69) is 10.6 Å². The Morgan fingerprint density at radius 1 is 1.12 bits per heavy atom. The fraction of sp³-hybridized carbons (Fsp3) is 0.346. The van der Waals surface area contributed by atoms with Crippen LogP contribution in [0.4, 0.5) is 10.5 Å². The Bertz CT molecular complexity index is 1050. The summed E-state index contributed by atoms with van der Waals surface area (Å²) in [7, 11) is 1.32. The van der Waals surface area contributed by atoms with Crippen molar-refractivity contribution in [2.45, 2.75) is 39.3 Å². The second-order valence-electron chi connectivity index (χ2n) is 8.03. The summed E-state index contributed by atoms with van der Waals surface area (Å²) in [5.74, 6) is -0.806. The number of esters is 1. The first-order chi connectivity index (χ1) is 16.4. The number of carbonyl (C=O) groups excluding carboxylic acids is 3. The molecule has 1 aliphatic rings. The van der Waals surface area contributed by atoms with Crippen LogP contribution in [0, 0.1) is 0 Å². The Hall–Kier alpha value is -3.65. The number of allylic oxidation sites excluding steroid dienone is 1. The number of hydrogen-bond acceptors (Lipinski definition) is 5. The molecule has 0 aromatic heterocycles. The van der Waals surface area contributed by atoms with E-state index in [0.717, 1.165) is 18.4 Å². The lowest BCUT2D eigenvalue weighted by atomic mass is 9.94. The highest BCUT2D eigenvalue weighted by Crippen LogP contribution is 2.32. The predicted octanol–water partition coefficient (Wildman–Crippen LogP) is 4.16. The van der Waals surface area contributed by atoms with Gasteiger partial charge in [0, 0.05) is 17.9 Å². The van der Waals surface area contributed by atoms with Gasteiger partial charge in [-0.15, -0.1) is 0 Å². The monoisotopic (exact) mass is 465 g/mol. The zero-order chi connectivity index (χ0) is 24.5. The molecule has 0 unspecified atom stereocenters. The molecule has 0 saturated carbocycles. The number of ether oxygens (including phenoxy) is 2. The first kappa shape index (κ1) is 25.0. The average Bonchev–Trinajstić information content (AvgIpc) is 2.84. The molecule has 0 radical (unpaired) electrons. The largest absolute Gasteiger partial charge is 0.466 e. The van der Waals surface area contributed by atoms with Crippen molar-refractivity contribution in [3.63, 3.8) is 0 Å². The van der Waals surface area contributed by atoms with E-state index in [4.69, 9.17) is 9.47 Å². The SMILES string of the molecule is CCCCN1C(=O)N[C@H](c2cccc(NC(=O)COCc3ccccc3)c2)C(C(=O)OC)=C1C. The molecule has 8 nitrogen and oxygen atoms in total. The third-order valence-electron chi connectivity index (χ3n) is 5.59. The number of carbonyl (C=O) groups is 3. The minimum Gasteiger partial charge on any atom is -0.466 e. The molecule has 34 heavy (non-hydrogen) atoms. The summed E-state index contributed by atoms with van der Waals surface area (Å²) < 4.78 is 10.5. The van der Waals surface area contributed by atoms with Crippen LogP contribution in [-0.2, 0) is 25.7 Å². The van der Waals surface area contributed by atoms with E-state index in [-0.39, 0.29) is 18.5 Å². The maximum atomic E-state index is 12.8. The van der Waals surface area contributed by atoms with Gasteiger partial charge in [-0.3, -0.25) is 9.69 Å². The van der Waals surface area contributed by atoms with Crippen molar-refractivity contribution in [2.75, 3.05) is 25.6 Å². The highest BCUT2D eigenvalue weighted by Gasteiger charge is 2.36. The molecule has 0 bridgehead atoms. The molecule has 2 N–H and O–H groups in total. The summed E-state index contributed by atoms with van der Waals surface area (Å²) in [6, 6.07) is 15.7. The van der Waals surface area contributed by atoms with Gasteiger partial charge in [-0.2, -0.15) is 0 Å². The molecule has 1 heterocycles. The van der Waals surface area contributed by atoms with E-state index in [9.17, 15) is 14.4 Å².